The Hall–Kier alpha value is -1.75. The summed E-state index contributed by atoms with van der Waals surface area (Å²) >= 11 is 1.53. The number of hydrogen-bond donors (Lipinski definition) is 0. The van der Waals surface area contributed by atoms with Crippen LogP contribution in [0.5, 0.6) is 0 Å². The number of aromatic nitrogens is 2. The van der Waals surface area contributed by atoms with Crippen LogP contribution in [0.1, 0.15) is 39.7 Å². The van der Waals surface area contributed by atoms with E-state index in [9.17, 15) is 4.79 Å². The van der Waals surface area contributed by atoms with Crippen molar-refractivity contribution in [3.63, 3.8) is 0 Å². The molecule has 3 rings (SSSR count). The van der Waals surface area contributed by atoms with Gasteiger partial charge in [0.1, 0.15) is 6.33 Å². The summed E-state index contributed by atoms with van der Waals surface area (Å²) in [6, 6.07) is 3.93. The van der Waals surface area contributed by atoms with E-state index in [4.69, 9.17) is 0 Å². The summed E-state index contributed by atoms with van der Waals surface area (Å²) in [5.41, 5.74) is 2.20. The zero-order valence-electron chi connectivity index (χ0n) is 11.5. The Labute approximate surface area is 122 Å². The van der Waals surface area contributed by atoms with E-state index in [-0.39, 0.29) is 5.91 Å². The van der Waals surface area contributed by atoms with Gasteiger partial charge in [0.05, 0.1) is 4.88 Å². The van der Waals surface area contributed by atoms with Crippen molar-refractivity contribution in [2.75, 3.05) is 13.1 Å². The van der Waals surface area contributed by atoms with Crippen molar-refractivity contribution in [2.24, 2.45) is 0 Å². The SMILES string of the molecule is Cc1csc(C(=O)N2CCC[C@@H](c3ccncn3)C2)c1. The molecule has 0 N–H and O–H groups in total. The first kappa shape index (κ1) is 13.2. The first-order valence-corrected chi connectivity index (χ1v) is 7.72. The van der Waals surface area contributed by atoms with Gasteiger partial charge in [-0.1, -0.05) is 0 Å². The van der Waals surface area contributed by atoms with Gasteiger partial charge in [-0.2, -0.15) is 0 Å². The molecule has 2 aromatic heterocycles. The molecule has 4 nitrogen and oxygen atoms in total. The van der Waals surface area contributed by atoms with Crippen LogP contribution in [0.4, 0.5) is 0 Å². The molecule has 1 saturated heterocycles. The lowest BCUT2D eigenvalue weighted by molar-refractivity contribution is 0.0710. The summed E-state index contributed by atoms with van der Waals surface area (Å²) < 4.78 is 0. The van der Waals surface area contributed by atoms with Gasteiger partial charge in [-0.3, -0.25) is 4.79 Å². The van der Waals surface area contributed by atoms with Crippen LogP contribution in [0, 0.1) is 6.92 Å². The van der Waals surface area contributed by atoms with Crippen LogP contribution in [-0.4, -0.2) is 33.9 Å². The molecule has 104 valence electrons. The topological polar surface area (TPSA) is 46.1 Å². The number of aryl methyl sites for hydroxylation is 1. The predicted molar refractivity (Wildman–Crippen MR) is 79.0 cm³/mol. The largest absolute Gasteiger partial charge is 0.337 e. The molecule has 2 aromatic rings. The van der Waals surface area contributed by atoms with E-state index in [1.54, 1.807) is 12.5 Å². The first-order chi connectivity index (χ1) is 9.74. The van der Waals surface area contributed by atoms with Crippen LogP contribution in [0.2, 0.25) is 0 Å². The molecule has 0 aliphatic carbocycles. The Kier molecular flexibility index (Phi) is 3.78. The molecule has 3 heterocycles. The van der Waals surface area contributed by atoms with Crippen LogP contribution in [-0.2, 0) is 0 Å². The molecular weight excluding hydrogens is 270 g/mol. The van der Waals surface area contributed by atoms with Gasteiger partial charge >= 0.3 is 0 Å². The zero-order valence-corrected chi connectivity index (χ0v) is 12.3. The van der Waals surface area contributed by atoms with E-state index in [1.165, 1.54) is 11.3 Å². The van der Waals surface area contributed by atoms with Crippen LogP contribution < -0.4 is 0 Å². The van der Waals surface area contributed by atoms with E-state index in [2.05, 4.69) is 9.97 Å². The Morgan fingerprint density at radius 1 is 1.50 bits per heavy atom. The average molecular weight is 287 g/mol. The molecule has 1 atom stereocenters. The lowest BCUT2D eigenvalue weighted by Gasteiger charge is -2.32. The molecule has 1 aliphatic heterocycles. The maximum absolute atomic E-state index is 12.5. The number of hydrogen-bond acceptors (Lipinski definition) is 4. The Bertz CT molecular complexity index is 596. The van der Waals surface area contributed by atoms with Crippen molar-refractivity contribution < 1.29 is 4.79 Å². The fraction of sp³-hybridized carbons (Fsp3) is 0.400. The fourth-order valence-electron chi connectivity index (χ4n) is 2.64. The van der Waals surface area contributed by atoms with Crippen molar-refractivity contribution >= 4 is 17.2 Å². The minimum absolute atomic E-state index is 0.154. The van der Waals surface area contributed by atoms with Gasteiger partial charge in [0.15, 0.2) is 0 Å². The van der Waals surface area contributed by atoms with Gasteiger partial charge in [-0.05, 0) is 42.8 Å². The minimum Gasteiger partial charge on any atom is -0.337 e. The standard InChI is InChI=1S/C15H17N3OS/c1-11-7-14(20-9-11)15(19)18-6-2-3-12(8-18)13-4-5-16-10-17-13/h4-5,7,9-10,12H,2-3,6,8H2,1H3/t12-/m1/s1. The molecular formula is C15H17N3OS. The third-order valence-corrected chi connectivity index (χ3v) is 4.71. The van der Waals surface area contributed by atoms with Crippen LogP contribution in [0.25, 0.3) is 0 Å². The molecule has 0 radical (unpaired) electrons. The molecule has 20 heavy (non-hydrogen) atoms. The summed E-state index contributed by atoms with van der Waals surface area (Å²) in [6.45, 7) is 3.62. The first-order valence-electron chi connectivity index (χ1n) is 6.84. The van der Waals surface area contributed by atoms with E-state index in [0.717, 1.165) is 42.1 Å². The summed E-state index contributed by atoms with van der Waals surface area (Å²) in [7, 11) is 0. The number of piperidine rings is 1. The molecule has 0 saturated carbocycles. The monoisotopic (exact) mass is 287 g/mol. The molecule has 1 amide bonds. The Morgan fingerprint density at radius 2 is 2.40 bits per heavy atom. The highest BCUT2D eigenvalue weighted by Gasteiger charge is 2.26. The molecule has 1 aliphatic rings. The van der Waals surface area contributed by atoms with Gasteiger partial charge < -0.3 is 4.90 Å². The number of rotatable bonds is 2. The second-order valence-electron chi connectivity index (χ2n) is 5.21. The highest BCUT2D eigenvalue weighted by molar-refractivity contribution is 7.12. The Morgan fingerprint density at radius 3 is 3.10 bits per heavy atom. The van der Waals surface area contributed by atoms with Crippen LogP contribution in [0.15, 0.2) is 30.0 Å². The lowest BCUT2D eigenvalue weighted by Crippen LogP contribution is -2.39. The van der Waals surface area contributed by atoms with E-state index in [1.807, 2.05) is 29.3 Å². The number of carbonyl (C=O) groups is 1. The van der Waals surface area contributed by atoms with Gasteiger partial charge in [0.25, 0.3) is 5.91 Å². The number of thiophene rings is 1. The molecule has 0 spiro atoms. The fourth-order valence-corrected chi connectivity index (χ4v) is 3.51. The van der Waals surface area contributed by atoms with Crippen LogP contribution in [0.3, 0.4) is 0 Å². The number of carbonyl (C=O) groups excluding carboxylic acids is 1. The number of nitrogens with zero attached hydrogens (tertiary/aromatic N) is 3. The third-order valence-electron chi connectivity index (χ3n) is 3.67. The van der Waals surface area contributed by atoms with Gasteiger partial charge in [-0.25, -0.2) is 9.97 Å². The quantitative estimate of drug-likeness (QED) is 0.853. The lowest BCUT2D eigenvalue weighted by atomic mass is 9.94. The van der Waals surface area contributed by atoms with Crippen LogP contribution >= 0.6 is 11.3 Å². The molecule has 0 bridgehead atoms. The van der Waals surface area contributed by atoms with Gasteiger partial charge in [0, 0.05) is 30.9 Å². The highest BCUT2D eigenvalue weighted by atomic mass is 32.1. The van der Waals surface area contributed by atoms with Gasteiger partial charge in [-0.15, -0.1) is 11.3 Å². The smallest absolute Gasteiger partial charge is 0.263 e. The second-order valence-corrected chi connectivity index (χ2v) is 6.12. The van der Waals surface area contributed by atoms with Crippen molar-refractivity contribution in [1.82, 2.24) is 14.9 Å². The minimum atomic E-state index is 0.154. The summed E-state index contributed by atoms with van der Waals surface area (Å²) in [4.78, 5) is 23.6. The third kappa shape index (κ3) is 2.72. The van der Waals surface area contributed by atoms with Crippen molar-refractivity contribution in [3.8, 4) is 0 Å². The maximum Gasteiger partial charge on any atom is 0.263 e. The maximum atomic E-state index is 12.5. The van der Waals surface area contributed by atoms with Gasteiger partial charge in [0.2, 0.25) is 0 Å². The molecule has 1 fully saturated rings. The molecule has 0 aromatic carbocycles. The number of amides is 1. The van der Waals surface area contributed by atoms with Crippen molar-refractivity contribution in [3.05, 3.63) is 46.2 Å². The number of likely N-dealkylation sites (tertiary alicyclic amines) is 1. The van der Waals surface area contributed by atoms with E-state index in [0.29, 0.717) is 5.92 Å². The molecule has 5 heteroatoms. The highest BCUT2D eigenvalue weighted by Crippen LogP contribution is 2.27. The van der Waals surface area contributed by atoms with Crippen molar-refractivity contribution in [2.45, 2.75) is 25.7 Å². The second kappa shape index (κ2) is 5.71. The average Bonchev–Trinajstić information content (AvgIpc) is 2.94. The summed E-state index contributed by atoms with van der Waals surface area (Å²) in [5, 5.41) is 2.03. The normalized spacial score (nSPS) is 19.1. The predicted octanol–water partition coefficient (Wildman–Crippen LogP) is 2.87. The van der Waals surface area contributed by atoms with E-state index >= 15 is 0 Å². The Balaban J connectivity index is 1.74. The molecule has 0 unspecified atom stereocenters. The zero-order chi connectivity index (χ0) is 13.9. The van der Waals surface area contributed by atoms with E-state index < -0.39 is 0 Å². The summed E-state index contributed by atoms with van der Waals surface area (Å²) in [5.74, 6) is 0.485. The van der Waals surface area contributed by atoms with Crippen molar-refractivity contribution in [1.29, 1.82) is 0 Å². The summed E-state index contributed by atoms with van der Waals surface area (Å²) in [6.07, 6.45) is 5.47.